The molecule has 0 saturated carbocycles. The molecule has 0 aliphatic heterocycles. The van der Waals surface area contributed by atoms with E-state index in [0.29, 0.717) is 4.90 Å². The zero-order valence-corrected chi connectivity index (χ0v) is 10.2. The van der Waals surface area contributed by atoms with E-state index in [2.05, 4.69) is 6.92 Å². The van der Waals surface area contributed by atoms with Gasteiger partial charge in [-0.2, -0.15) is 0 Å². The molecule has 0 aromatic heterocycles. The molecule has 0 spiro atoms. The van der Waals surface area contributed by atoms with Crippen LogP contribution in [0.3, 0.4) is 0 Å². The summed E-state index contributed by atoms with van der Waals surface area (Å²) in [7, 11) is -0.201. The lowest BCUT2D eigenvalue weighted by Crippen LogP contribution is -2.22. The van der Waals surface area contributed by atoms with E-state index in [1.165, 1.54) is 24.0 Å². The number of hydrogen-bond donors (Lipinski definition) is 0. The predicted octanol–water partition coefficient (Wildman–Crippen LogP) is 1.89. The summed E-state index contributed by atoms with van der Waals surface area (Å²) in [5.74, 6) is 0. The number of rotatable bonds is 4. The molecule has 0 heterocycles. The first kappa shape index (κ1) is 12.2. The highest BCUT2D eigenvalue weighted by atomic mass is 32.2. The Kier molecular flexibility index (Phi) is 3.88. The van der Waals surface area contributed by atoms with Crippen molar-refractivity contribution in [3.8, 4) is 0 Å². The lowest BCUT2D eigenvalue weighted by Gasteiger charge is -2.11. The van der Waals surface area contributed by atoms with Crippen LogP contribution in [0.25, 0.3) is 0 Å². The Morgan fingerprint density at radius 3 is 2.07 bits per heavy atom. The largest absolute Gasteiger partial charge is 0.242 e. The van der Waals surface area contributed by atoms with Gasteiger partial charge in [-0.05, 0) is 24.1 Å². The average molecular weight is 227 g/mol. The van der Waals surface area contributed by atoms with E-state index in [0.717, 1.165) is 12.8 Å². The highest BCUT2D eigenvalue weighted by Crippen LogP contribution is 2.14. The Labute approximate surface area is 91.8 Å². The number of aryl methyl sites for hydroxylation is 1. The Bertz CT molecular complexity index is 407. The molecule has 0 fully saturated rings. The fourth-order valence-corrected chi connectivity index (χ4v) is 2.23. The lowest BCUT2D eigenvalue weighted by molar-refractivity contribution is 0.520. The van der Waals surface area contributed by atoms with Gasteiger partial charge in [-0.25, -0.2) is 12.7 Å². The zero-order valence-electron chi connectivity index (χ0n) is 9.40. The molecule has 0 saturated heterocycles. The van der Waals surface area contributed by atoms with Crippen molar-refractivity contribution in [1.82, 2.24) is 4.31 Å². The van der Waals surface area contributed by atoms with Gasteiger partial charge < -0.3 is 0 Å². The molecule has 0 unspecified atom stereocenters. The van der Waals surface area contributed by atoms with Crippen LogP contribution >= 0.6 is 0 Å². The van der Waals surface area contributed by atoms with Gasteiger partial charge in [0, 0.05) is 14.1 Å². The van der Waals surface area contributed by atoms with Gasteiger partial charge in [0.15, 0.2) is 0 Å². The van der Waals surface area contributed by atoms with E-state index in [1.807, 2.05) is 12.1 Å². The highest BCUT2D eigenvalue weighted by molar-refractivity contribution is 7.89. The minimum atomic E-state index is -3.28. The van der Waals surface area contributed by atoms with Gasteiger partial charge in [0.25, 0.3) is 0 Å². The van der Waals surface area contributed by atoms with Gasteiger partial charge in [0.2, 0.25) is 10.0 Å². The molecule has 0 atom stereocenters. The summed E-state index contributed by atoms with van der Waals surface area (Å²) in [6.45, 7) is 2.10. The Balaban J connectivity index is 2.99. The molecule has 0 aliphatic carbocycles. The number of sulfonamides is 1. The maximum Gasteiger partial charge on any atom is 0.242 e. The monoisotopic (exact) mass is 227 g/mol. The van der Waals surface area contributed by atoms with E-state index in [-0.39, 0.29) is 0 Å². The van der Waals surface area contributed by atoms with Gasteiger partial charge >= 0.3 is 0 Å². The summed E-state index contributed by atoms with van der Waals surface area (Å²) in [6.07, 6.45) is 2.06. The number of hydrogen-bond acceptors (Lipinski definition) is 2. The molecule has 1 aromatic rings. The van der Waals surface area contributed by atoms with E-state index in [4.69, 9.17) is 0 Å². The third kappa shape index (κ3) is 2.79. The summed E-state index contributed by atoms with van der Waals surface area (Å²) < 4.78 is 24.7. The minimum Gasteiger partial charge on any atom is -0.207 e. The maximum atomic E-state index is 11.7. The normalized spacial score (nSPS) is 12.0. The van der Waals surface area contributed by atoms with Crippen molar-refractivity contribution in [2.75, 3.05) is 14.1 Å². The molecule has 0 amide bonds. The topological polar surface area (TPSA) is 37.4 Å². The van der Waals surface area contributed by atoms with Crippen LogP contribution in [-0.2, 0) is 16.4 Å². The molecule has 0 aliphatic rings. The van der Waals surface area contributed by atoms with Gasteiger partial charge in [-0.15, -0.1) is 0 Å². The second-order valence-corrected chi connectivity index (χ2v) is 5.83. The SMILES string of the molecule is CCCc1ccc(S(=O)(=O)N(C)C)cc1. The molecule has 4 heteroatoms. The standard InChI is InChI=1S/C11H17NO2S/c1-4-5-10-6-8-11(9-7-10)15(13,14)12(2)3/h6-9H,4-5H2,1-3H3. The van der Waals surface area contributed by atoms with Gasteiger partial charge in [0.05, 0.1) is 4.90 Å². The average Bonchev–Trinajstić information content (AvgIpc) is 2.19. The van der Waals surface area contributed by atoms with Crippen LogP contribution in [-0.4, -0.2) is 26.8 Å². The summed E-state index contributed by atoms with van der Waals surface area (Å²) in [5, 5.41) is 0. The van der Waals surface area contributed by atoms with Crippen LogP contribution in [0, 0.1) is 0 Å². The molecule has 84 valence electrons. The number of benzene rings is 1. The van der Waals surface area contributed by atoms with Crippen molar-refractivity contribution in [3.05, 3.63) is 29.8 Å². The molecule has 0 N–H and O–H groups in total. The van der Waals surface area contributed by atoms with E-state index in [9.17, 15) is 8.42 Å². The van der Waals surface area contributed by atoms with E-state index < -0.39 is 10.0 Å². The Morgan fingerprint density at radius 2 is 1.67 bits per heavy atom. The van der Waals surface area contributed by atoms with Gasteiger partial charge in [-0.1, -0.05) is 25.5 Å². The van der Waals surface area contributed by atoms with Crippen molar-refractivity contribution in [2.24, 2.45) is 0 Å². The number of nitrogens with zero attached hydrogens (tertiary/aromatic N) is 1. The summed E-state index contributed by atoms with van der Waals surface area (Å²) >= 11 is 0. The molecule has 1 rings (SSSR count). The minimum absolute atomic E-state index is 0.354. The fourth-order valence-electron chi connectivity index (χ4n) is 1.33. The molecule has 1 aromatic carbocycles. The summed E-state index contributed by atoms with van der Waals surface area (Å²) in [6, 6.07) is 7.08. The molecule has 3 nitrogen and oxygen atoms in total. The first-order valence-corrected chi connectivity index (χ1v) is 6.44. The van der Waals surface area contributed by atoms with Crippen LogP contribution in [0.5, 0.6) is 0 Å². The maximum absolute atomic E-state index is 11.7. The van der Waals surface area contributed by atoms with Crippen molar-refractivity contribution in [2.45, 2.75) is 24.7 Å². The van der Waals surface area contributed by atoms with Gasteiger partial charge in [-0.3, -0.25) is 0 Å². The highest BCUT2D eigenvalue weighted by Gasteiger charge is 2.16. The van der Waals surface area contributed by atoms with E-state index >= 15 is 0 Å². The van der Waals surface area contributed by atoms with Crippen LogP contribution < -0.4 is 0 Å². The smallest absolute Gasteiger partial charge is 0.207 e. The van der Waals surface area contributed by atoms with Crippen molar-refractivity contribution in [1.29, 1.82) is 0 Å². The quantitative estimate of drug-likeness (QED) is 0.787. The van der Waals surface area contributed by atoms with Gasteiger partial charge in [0.1, 0.15) is 0 Å². The fraction of sp³-hybridized carbons (Fsp3) is 0.455. The molecule has 15 heavy (non-hydrogen) atoms. The molecular formula is C11H17NO2S. The van der Waals surface area contributed by atoms with Crippen molar-refractivity contribution >= 4 is 10.0 Å². The summed E-state index contributed by atoms with van der Waals surface area (Å²) in [4.78, 5) is 0.354. The first-order chi connectivity index (χ1) is 6.98. The third-order valence-corrected chi connectivity index (χ3v) is 4.07. The van der Waals surface area contributed by atoms with E-state index in [1.54, 1.807) is 12.1 Å². The summed E-state index contributed by atoms with van der Waals surface area (Å²) in [5.41, 5.74) is 1.18. The molecular weight excluding hydrogens is 210 g/mol. The second kappa shape index (κ2) is 4.77. The Hall–Kier alpha value is -0.870. The van der Waals surface area contributed by atoms with Crippen LogP contribution in [0.15, 0.2) is 29.2 Å². The Morgan fingerprint density at radius 1 is 1.13 bits per heavy atom. The zero-order chi connectivity index (χ0) is 11.5. The van der Waals surface area contributed by atoms with Crippen molar-refractivity contribution in [3.63, 3.8) is 0 Å². The van der Waals surface area contributed by atoms with Crippen molar-refractivity contribution < 1.29 is 8.42 Å². The third-order valence-electron chi connectivity index (χ3n) is 2.24. The molecule has 0 radical (unpaired) electrons. The lowest BCUT2D eigenvalue weighted by atomic mass is 10.1. The second-order valence-electron chi connectivity index (χ2n) is 3.68. The molecule has 0 bridgehead atoms. The first-order valence-electron chi connectivity index (χ1n) is 5.00. The van der Waals surface area contributed by atoms with Crippen LogP contribution in [0.2, 0.25) is 0 Å². The van der Waals surface area contributed by atoms with Crippen LogP contribution in [0.4, 0.5) is 0 Å². The predicted molar refractivity (Wildman–Crippen MR) is 61.3 cm³/mol. The van der Waals surface area contributed by atoms with Crippen LogP contribution in [0.1, 0.15) is 18.9 Å².